The molecule has 10 nitrogen and oxygen atoms in total. The largest absolute Gasteiger partial charge is 0.478 e. The number of nitrogens with two attached hydrogens (primary N) is 1. The highest BCUT2D eigenvalue weighted by atomic mass is 16.6. The van der Waals surface area contributed by atoms with Crippen molar-refractivity contribution in [3.05, 3.63) is 53.4 Å². The number of rotatable bonds is 5. The van der Waals surface area contributed by atoms with Gasteiger partial charge in [-0.2, -0.15) is 5.10 Å². The Kier molecular flexibility index (Phi) is 4.24. The molecule has 1 aromatic carbocycles. The van der Waals surface area contributed by atoms with Crippen molar-refractivity contribution < 1.29 is 23.7 Å². The summed E-state index contributed by atoms with van der Waals surface area (Å²) in [5, 5.41) is 19.2. The lowest BCUT2D eigenvalue weighted by atomic mass is 10.1. The van der Waals surface area contributed by atoms with Crippen LogP contribution in [0.5, 0.6) is 0 Å². The summed E-state index contributed by atoms with van der Waals surface area (Å²) in [7, 11) is 0. The molecule has 0 radical (unpaired) electrons. The van der Waals surface area contributed by atoms with Crippen LogP contribution in [-0.2, 0) is 0 Å². The van der Waals surface area contributed by atoms with Crippen molar-refractivity contribution in [2.75, 3.05) is 5.73 Å². The smallest absolute Gasteiger partial charge is 0.335 e. The SMILES string of the molecule is Nc1nonc1C(=O)NN=Cc1ccc(-c2ccc(C(=O)O)cc2)o1. The lowest BCUT2D eigenvalue weighted by Gasteiger charge is -1.98. The van der Waals surface area contributed by atoms with Gasteiger partial charge in [-0.3, -0.25) is 4.79 Å². The number of hydrazone groups is 1. The van der Waals surface area contributed by atoms with Crippen LogP contribution >= 0.6 is 0 Å². The van der Waals surface area contributed by atoms with Crippen LogP contribution in [0, 0.1) is 0 Å². The van der Waals surface area contributed by atoms with Gasteiger partial charge in [0.2, 0.25) is 11.5 Å². The van der Waals surface area contributed by atoms with Gasteiger partial charge in [0.25, 0.3) is 5.91 Å². The Balaban J connectivity index is 1.66. The third-order valence-corrected chi connectivity index (χ3v) is 3.13. The number of carbonyl (C=O) groups excluding carboxylic acids is 1. The first-order chi connectivity index (χ1) is 12.0. The minimum atomic E-state index is -1.00. The zero-order chi connectivity index (χ0) is 17.8. The fraction of sp³-hybridized carbons (Fsp3) is 0. The Hall–Kier alpha value is -3.95. The molecule has 25 heavy (non-hydrogen) atoms. The van der Waals surface area contributed by atoms with Crippen LogP contribution in [0.4, 0.5) is 5.82 Å². The van der Waals surface area contributed by atoms with Crippen molar-refractivity contribution in [1.29, 1.82) is 0 Å². The van der Waals surface area contributed by atoms with Gasteiger partial charge in [-0.15, -0.1) is 0 Å². The summed E-state index contributed by atoms with van der Waals surface area (Å²) in [6.07, 6.45) is 1.29. The van der Waals surface area contributed by atoms with Gasteiger partial charge in [-0.1, -0.05) is 12.1 Å². The van der Waals surface area contributed by atoms with E-state index < -0.39 is 11.9 Å². The van der Waals surface area contributed by atoms with E-state index in [0.29, 0.717) is 17.1 Å². The predicted octanol–water partition coefficient (Wildman–Crippen LogP) is 1.37. The standard InChI is InChI=1S/C15H11N5O5/c16-13-12(19-25-20-13)14(21)18-17-7-10-5-6-11(24-10)8-1-3-9(4-2-8)15(22)23/h1-7H,(H2,16,20)(H,18,21)(H,22,23). The normalized spacial score (nSPS) is 10.9. The van der Waals surface area contributed by atoms with Gasteiger partial charge in [0, 0.05) is 5.56 Å². The molecule has 2 heterocycles. The topological polar surface area (TPSA) is 157 Å². The lowest BCUT2D eigenvalue weighted by Crippen LogP contribution is -2.19. The van der Waals surface area contributed by atoms with Crippen LogP contribution in [0.25, 0.3) is 11.3 Å². The Morgan fingerprint density at radius 1 is 1.16 bits per heavy atom. The van der Waals surface area contributed by atoms with Gasteiger partial charge in [-0.25, -0.2) is 14.8 Å². The molecule has 0 saturated carbocycles. The van der Waals surface area contributed by atoms with Gasteiger partial charge in [0.15, 0.2) is 0 Å². The number of nitrogens with zero attached hydrogens (tertiary/aromatic N) is 3. The van der Waals surface area contributed by atoms with Crippen molar-refractivity contribution in [3.63, 3.8) is 0 Å². The molecule has 0 saturated heterocycles. The summed E-state index contributed by atoms with van der Waals surface area (Å²) in [5.74, 6) is -0.917. The summed E-state index contributed by atoms with van der Waals surface area (Å²) in [4.78, 5) is 22.5. The Morgan fingerprint density at radius 2 is 1.92 bits per heavy atom. The molecule has 3 aromatic rings. The number of furan rings is 1. The van der Waals surface area contributed by atoms with Crippen molar-refractivity contribution in [1.82, 2.24) is 15.7 Å². The predicted molar refractivity (Wildman–Crippen MR) is 84.9 cm³/mol. The van der Waals surface area contributed by atoms with Gasteiger partial charge >= 0.3 is 5.97 Å². The van der Waals surface area contributed by atoms with Gasteiger partial charge < -0.3 is 15.3 Å². The number of amides is 1. The number of carboxylic acids is 1. The first-order valence-electron chi connectivity index (χ1n) is 6.89. The number of aromatic nitrogens is 2. The van der Waals surface area contributed by atoms with Crippen molar-refractivity contribution in [2.24, 2.45) is 5.10 Å². The molecule has 2 aromatic heterocycles. The lowest BCUT2D eigenvalue weighted by molar-refractivity contribution is 0.0696. The summed E-state index contributed by atoms with van der Waals surface area (Å²) in [6.45, 7) is 0. The molecule has 0 atom stereocenters. The van der Waals surface area contributed by atoms with Gasteiger partial charge in [0.05, 0.1) is 11.8 Å². The monoisotopic (exact) mass is 341 g/mol. The zero-order valence-electron chi connectivity index (χ0n) is 12.5. The maximum absolute atomic E-state index is 11.7. The Bertz CT molecular complexity index is 941. The quantitative estimate of drug-likeness (QED) is 0.464. The van der Waals surface area contributed by atoms with Crippen LogP contribution < -0.4 is 11.2 Å². The molecular weight excluding hydrogens is 330 g/mol. The van der Waals surface area contributed by atoms with Crippen molar-refractivity contribution in [3.8, 4) is 11.3 Å². The van der Waals surface area contributed by atoms with E-state index in [-0.39, 0.29) is 17.1 Å². The fourth-order valence-electron chi connectivity index (χ4n) is 1.91. The van der Waals surface area contributed by atoms with E-state index in [9.17, 15) is 9.59 Å². The van der Waals surface area contributed by atoms with Gasteiger partial charge in [0.1, 0.15) is 11.5 Å². The number of hydrogen-bond donors (Lipinski definition) is 3. The first-order valence-corrected chi connectivity index (χ1v) is 6.89. The number of carbonyl (C=O) groups is 2. The Morgan fingerprint density at radius 3 is 2.56 bits per heavy atom. The van der Waals surface area contributed by atoms with E-state index in [1.54, 1.807) is 24.3 Å². The number of nitrogen functional groups attached to an aromatic ring is 1. The summed E-state index contributed by atoms with van der Waals surface area (Å²) >= 11 is 0. The summed E-state index contributed by atoms with van der Waals surface area (Å²) < 4.78 is 9.86. The van der Waals surface area contributed by atoms with Crippen LogP contribution in [0.1, 0.15) is 26.6 Å². The molecule has 0 bridgehead atoms. The molecule has 0 aliphatic carbocycles. The maximum atomic E-state index is 11.7. The molecular formula is C15H11N5O5. The summed E-state index contributed by atoms with van der Waals surface area (Å²) in [5.41, 5.74) is 8.31. The average Bonchev–Trinajstić information content (AvgIpc) is 3.24. The third kappa shape index (κ3) is 3.52. The highest BCUT2D eigenvalue weighted by Crippen LogP contribution is 2.22. The number of aromatic carboxylic acids is 1. The number of anilines is 1. The summed E-state index contributed by atoms with van der Waals surface area (Å²) in [6, 6.07) is 9.55. The molecule has 4 N–H and O–H groups in total. The minimum Gasteiger partial charge on any atom is -0.478 e. The highest BCUT2D eigenvalue weighted by Gasteiger charge is 2.15. The van der Waals surface area contributed by atoms with E-state index >= 15 is 0 Å². The molecule has 10 heteroatoms. The van der Waals surface area contributed by atoms with Crippen LogP contribution in [0.2, 0.25) is 0 Å². The van der Waals surface area contributed by atoms with E-state index in [1.165, 1.54) is 18.3 Å². The van der Waals surface area contributed by atoms with Crippen LogP contribution in [-0.4, -0.2) is 33.5 Å². The molecule has 0 fully saturated rings. The fourth-order valence-corrected chi connectivity index (χ4v) is 1.91. The van der Waals surface area contributed by atoms with E-state index in [4.69, 9.17) is 15.3 Å². The third-order valence-electron chi connectivity index (χ3n) is 3.13. The Labute approximate surface area is 139 Å². The minimum absolute atomic E-state index is 0.141. The van der Waals surface area contributed by atoms with Crippen LogP contribution in [0.3, 0.4) is 0 Å². The number of benzene rings is 1. The first kappa shape index (κ1) is 15.9. The number of carboxylic acid groups (broad SMARTS) is 1. The zero-order valence-corrected chi connectivity index (χ0v) is 12.5. The van der Waals surface area contributed by atoms with E-state index in [0.717, 1.165) is 0 Å². The average molecular weight is 341 g/mol. The highest BCUT2D eigenvalue weighted by molar-refractivity contribution is 5.96. The van der Waals surface area contributed by atoms with E-state index in [1.807, 2.05) is 0 Å². The molecule has 0 aliphatic rings. The molecule has 126 valence electrons. The molecule has 3 rings (SSSR count). The number of hydrogen-bond acceptors (Lipinski definition) is 8. The molecule has 1 amide bonds. The van der Waals surface area contributed by atoms with Gasteiger partial charge in [-0.05, 0) is 34.6 Å². The molecule has 0 aliphatic heterocycles. The van der Waals surface area contributed by atoms with Crippen molar-refractivity contribution >= 4 is 23.9 Å². The second kappa shape index (κ2) is 6.66. The molecule has 0 spiro atoms. The second-order valence-corrected chi connectivity index (χ2v) is 4.78. The van der Waals surface area contributed by atoms with E-state index in [2.05, 4.69) is 25.5 Å². The van der Waals surface area contributed by atoms with Crippen molar-refractivity contribution in [2.45, 2.75) is 0 Å². The second-order valence-electron chi connectivity index (χ2n) is 4.78. The molecule has 0 unspecified atom stereocenters. The van der Waals surface area contributed by atoms with Crippen LogP contribution in [0.15, 0.2) is 50.5 Å². The number of nitrogens with one attached hydrogen (secondary N) is 1. The maximum Gasteiger partial charge on any atom is 0.335 e.